The van der Waals surface area contributed by atoms with Crippen LogP contribution in [-0.2, 0) is 6.42 Å². The Labute approximate surface area is 129 Å². The molecule has 2 rings (SSSR count). The van der Waals surface area contributed by atoms with Crippen LogP contribution in [0.15, 0.2) is 39.4 Å². The Kier molecular flexibility index (Phi) is 4.58. The van der Waals surface area contributed by atoms with E-state index in [1.54, 1.807) is 0 Å². The maximum absolute atomic E-state index is 12.2. The molecule has 5 heteroatoms. The molecule has 0 unspecified atom stereocenters. The number of aromatic nitrogens is 2. The fourth-order valence-electron chi connectivity index (χ4n) is 1.73. The lowest BCUT2D eigenvalue weighted by Crippen LogP contribution is -2.07. The minimum atomic E-state index is 0.0633. The van der Waals surface area contributed by atoms with Gasteiger partial charge in [0, 0.05) is 26.7 Å². The topological polar surface area (TPSA) is 34.9 Å². The van der Waals surface area contributed by atoms with Crippen molar-refractivity contribution in [1.29, 1.82) is 0 Å². The largest absolute Gasteiger partial charge is 0.294 e. The Morgan fingerprint density at radius 2 is 2.05 bits per heavy atom. The summed E-state index contributed by atoms with van der Waals surface area (Å²) in [5.74, 6) is 0.0633. The van der Waals surface area contributed by atoms with E-state index in [0.29, 0.717) is 18.0 Å². The van der Waals surface area contributed by atoms with E-state index in [-0.39, 0.29) is 5.78 Å². The Balaban J connectivity index is 2.16. The predicted molar refractivity (Wildman–Crippen MR) is 82.5 cm³/mol. The summed E-state index contributed by atoms with van der Waals surface area (Å²) in [6.45, 7) is 4.12. The molecule has 0 saturated heterocycles. The second-order valence-corrected chi connectivity index (χ2v) is 6.37. The Morgan fingerprint density at radius 3 is 2.63 bits per heavy atom. The van der Waals surface area contributed by atoms with Crippen LogP contribution in [0.1, 0.15) is 35.9 Å². The number of ketones is 1. The molecule has 1 aromatic carbocycles. The molecule has 0 N–H and O–H groups in total. The van der Waals surface area contributed by atoms with Crippen LogP contribution in [0.2, 0.25) is 0 Å². The Morgan fingerprint density at radius 1 is 1.32 bits per heavy atom. The molecular weight excluding hydrogens is 372 g/mol. The summed E-state index contributed by atoms with van der Waals surface area (Å²) in [4.78, 5) is 12.2. The standard InChI is InChI=1S/C14H14Br2N2O/c1-9(2)18-6-5-11(17-18)8-14(19)12-4-3-10(15)7-13(12)16/h3-7,9H,8H2,1-2H3. The first-order valence-corrected chi connectivity index (χ1v) is 7.58. The molecule has 0 amide bonds. The minimum Gasteiger partial charge on any atom is -0.294 e. The van der Waals surface area contributed by atoms with Gasteiger partial charge in [0.1, 0.15) is 0 Å². The van der Waals surface area contributed by atoms with E-state index in [1.165, 1.54) is 0 Å². The zero-order chi connectivity index (χ0) is 14.0. The number of benzene rings is 1. The van der Waals surface area contributed by atoms with E-state index in [2.05, 4.69) is 50.8 Å². The number of carbonyl (C=O) groups excluding carboxylic acids is 1. The first-order chi connectivity index (χ1) is 8.97. The maximum Gasteiger partial charge on any atom is 0.170 e. The van der Waals surface area contributed by atoms with Crippen molar-refractivity contribution in [1.82, 2.24) is 9.78 Å². The van der Waals surface area contributed by atoms with E-state index in [9.17, 15) is 4.79 Å². The van der Waals surface area contributed by atoms with Crippen LogP contribution >= 0.6 is 31.9 Å². The van der Waals surface area contributed by atoms with Crippen LogP contribution in [0.5, 0.6) is 0 Å². The predicted octanol–water partition coefficient (Wildman–Crippen LogP) is 4.41. The molecule has 0 aliphatic rings. The Bertz CT molecular complexity index is 605. The van der Waals surface area contributed by atoms with Gasteiger partial charge in [-0.1, -0.05) is 31.9 Å². The molecule has 0 aliphatic carbocycles. The first-order valence-electron chi connectivity index (χ1n) is 5.99. The van der Waals surface area contributed by atoms with Crippen molar-refractivity contribution in [2.24, 2.45) is 0 Å². The van der Waals surface area contributed by atoms with Gasteiger partial charge in [-0.15, -0.1) is 0 Å². The Hall–Kier alpha value is -0.940. The summed E-state index contributed by atoms with van der Waals surface area (Å²) < 4.78 is 3.61. The zero-order valence-electron chi connectivity index (χ0n) is 10.7. The van der Waals surface area contributed by atoms with Gasteiger partial charge < -0.3 is 0 Å². The summed E-state index contributed by atoms with van der Waals surface area (Å²) in [6.07, 6.45) is 2.23. The van der Waals surface area contributed by atoms with E-state index in [1.807, 2.05) is 35.1 Å². The normalized spacial score (nSPS) is 11.0. The second kappa shape index (κ2) is 6.01. The molecule has 19 heavy (non-hydrogen) atoms. The molecule has 100 valence electrons. The average Bonchev–Trinajstić information content (AvgIpc) is 2.77. The minimum absolute atomic E-state index is 0.0633. The number of hydrogen-bond donors (Lipinski definition) is 0. The summed E-state index contributed by atoms with van der Waals surface area (Å²) in [5, 5.41) is 4.39. The van der Waals surface area contributed by atoms with Crippen molar-refractivity contribution in [3.63, 3.8) is 0 Å². The highest BCUT2D eigenvalue weighted by Gasteiger charge is 2.13. The van der Waals surface area contributed by atoms with E-state index in [4.69, 9.17) is 0 Å². The molecule has 0 aliphatic heterocycles. The lowest BCUT2D eigenvalue weighted by atomic mass is 10.1. The summed E-state index contributed by atoms with van der Waals surface area (Å²) in [7, 11) is 0. The lowest BCUT2D eigenvalue weighted by molar-refractivity contribution is 0.0991. The van der Waals surface area contributed by atoms with Crippen LogP contribution < -0.4 is 0 Å². The second-order valence-electron chi connectivity index (χ2n) is 4.60. The van der Waals surface area contributed by atoms with Crippen LogP contribution in [0.3, 0.4) is 0 Å². The van der Waals surface area contributed by atoms with Gasteiger partial charge in [0.05, 0.1) is 12.1 Å². The fourth-order valence-corrected chi connectivity index (χ4v) is 3.00. The smallest absolute Gasteiger partial charge is 0.170 e. The molecule has 1 heterocycles. The summed E-state index contributed by atoms with van der Waals surface area (Å²) in [6, 6.07) is 7.76. The highest BCUT2D eigenvalue weighted by atomic mass is 79.9. The molecular formula is C14H14Br2N2O. The number of Topliss-reactive ketones (excluding diaryl/α,β-unsaturated/α-hetero) is 1. The third kappa shape index (κ3) is 3.54. The van der Waals surface area contributed by atoms with Gasteiger partial charge in [0.25, 0.3) is 0 Å². The van der Waals surface area contributed by atoms with Crippen molar-refractivity contribution < 1.29 is 4.79 Å². The SMILES string of the molecule is CC(C)n1ccc(CC(=O)c2ccc(Br)cc2Br)n1. The first kappa shape index (κ1) is 14.5. The van der Waals surface area contributed by atoms with Gasteiger partial charge in [0.15, 0.2) is 5.78 Å². The number of nitrogens with zero attached hydrogens (tertiary/aromatic N) is 2. The van der Waals surface area contributed by atoms with Crippen LogP contribution in [0, 0.1) is 0 Å². The molecule has 3 nitrogen and oxygen atoms in total. The molecule has 0 fully saturated rings. The molecule has 0 atom stereocenters. The third-order valence-corrected chi connectivity index (χ3v) is 3.92. The lowest BCUT2D eigenvalue weighted by Gasteiger charge is -2.05. The van der Waals surface area contributed by atoms with Crippen molar-refractivity contribution in [2.45, 2.75) is 26.3 Å². The van der Waals surface area contributed by atoms with Gasteiger partial charge in [-0.2, -0.15) is 5.10 Å². The van der Waals surface area contributed by atoms with E-state index < -0.39 is 0 Å². The average molecular weight is 386 g/mol. The quantitative estimate of drug-likeness (QED) is 0.730. The van der Waals surface area contributed by atoms with Crippen molar-refractivity contribution in [3.05, 3.63) is 50.7 Å². The third-order valence-electron chi connectivity index (χ3n) is 2.77. The van der Waals surface area contributed by atoms with Gasteiger partial charge in [0.2, 0.25) is 0 Å². The molecule has 2 aromatic rings. The number of rotatable bonds is 4. The fraction of sp³-hybridized carbons (Fsp3) is 0.286. The van der Waals surface area contributed by atoms with Gasteiger partial charge in [-0.25, -0.2) is 0 Å². The zero-order valence-corrected chi connectivity index (χ0v) is 13.9. The van der Waals surface area contributed by atoms with Gasteiger partial charge in [-0.3, -0.25) is 9.48 Å². The molecule has 1 aromatic heterocycles. The summed E-state index contributed by atoms with van der Waals surface area (Å²) in [5.41, 5.74) is 1.48. The maximum atomic E-state index is 12.2. The number of hydrogen-bond acceptors (Lipinski definition) is 2. The van der Waals surface area contributed by atoms with Crippen LogP contribution in [-0.4, -0.2) is 15.6 Å². The number of carbonyl (C=O) groups is 1. The van der Waals surface area contributed by atoms with Gasteiger partial charge in [-0.05, 0) is 38.1 Å². The van der Waals surface area contributed by atoms with Crippen molar-refractivity contribution in [3.8, 4) is 0 Å². The molecule has 0 spiro atoms. The monoisotopic (exact) mass is 384 g/mol. The van der Waals surface area contributed by atoms with Gasteiger partial charge >= 0.3 is 0 Å². The highest BCUT2D eigenvalue weighted by molar-refractivity contribution is 9.11. The van der Waals surface area contributed by atoms with Crippen LogP contribution in [0.4, 0.5) is 0 Å². The molecule has 0 radical (unpaired) electrons. The summed E-state index contributed by atoms with van der Waals surface area (Å²) >= 11 is 6.79. The highest BCUT2D eigenvalue weighted by Crippen LogP contribution is 2.23. The van der Waals surface area contributed by atoms with E-state index >= 15 is 0 Å². The molecule has 0 bridgehead atoms. The van der Waals surface area contributed by atoms with Crippen LogP contribution in [0.25, 0.3) is 0 Å². The molecule has 0 saturated carbocycles. The van der Waals surface area contributed by atoms with Crippen molar-refractivity contribution >= 4 is 37.6 Å². The van der Waals surface area contributed by atoms with Crippen molar-refractivity contribution in [2.75, 3.05) is 0 Å². The van der Waals surface area contributed by atoms with E-state index in [0.717, 1.165) is 14.6 Å². The number of halogens is 2.